The minimum atomic E-state index is -4.50. The van der Waals surface area contributed by atoms with Crippen molar-refractivity contribution in [2.24, 2.45) is 5.41 Å². The molecule has 0 spiro atoms. The maximum Gasteiger partial charge on any atom is 0.409 e. The summed E-state index contributed by atoms with van der Waals surface area (Å²) in [4.78, 5) is 11.8. The van der Waals surface area contributed by atoms with Crippen molar-refractivity contribution in [1.82, 2.24) is 10.4 Å². The summed E-state index contributed by atoms with van der Waals surface area (Å²) in [5, 5.41) is 0.963. The first kappa shape index (κ1) is 17.6. The molecule has 1 saturated heterocycles. The summed E-state index contributed by atoms with van der Waals surface area (Å²) >= 11 is 0. The van der Waals surface area contributed by atoms with Crippen LogP contribution in [0, 0.1) is 5.41 Å². The molecule has 1 amide bonds. The first-order chi connectivity index (χ1) is 10.6. The summed E-state index contributed by atoms with van der Waals surface area (Å²) in [6, 6.07) is 3.94. The fraction of sp³-hybridized carbons (Fsp3) is 0.562. The quantitative estimate of drug-likeness (QED) is 0.899. The van der Waals surface area contributed by atoms with Gasteiger partial charge in [0.15, 0.2) is 0 Å². The zero-order valence-electron chi connectivity index (χ0n) is 13.4. The molecule has 0 saturated carbocycles. The number of nitrogens with zero attached hydrogens (tertiary/aromatic N) is 1. The summed E-state index contributed by atoms with van der Waals surface area (Å²) in [6.45, 7) is 5.70. The summed E-state index contributed by atoms with van der Waals surface area (Å²) in [5.74, 6) is 0.122. The topological polar surface area (TPSA) is 41.6 Å². The lowest BCUT2D eigenvalue weighted by Gasteiger charge is -2.29. The van der Waals surface area contributed by atoms with Crippen molar-refractivity contribution in [3.05, 3.63) is 29.8 Å². The van der Waals surface area contributed by atoms with Crippen LogP contribution in [0.25, 0.3) is 0 Å². The van der Waals surface area contributed by atoms with E-state index in [0.29, 0.717) is 12.4 Å². The van der Waals surface area contributed by atoms with Crippen LogP contribution in [0.1, 0.15) is 38.8 Å². The maximum absolute atomic E-state index is 13.5. The predicted molar refractivity (Wildman–Crippen MR) is 79.7 cm³/mol. The van der Waals surface area contributed by atoms with Crippen molar-refractivity contribution >= 4 is 5.91 Å². The lowest BCUT2D eigenvalue weighted by molar-refractivity contribution is -0.191. The van der Waals surface area contributed by atoms with E-state index >= 15 is 0 Å². The average molecular weight is 330 g/mol. The van der Waals surface area contributed by atoms with Crippen molar-refractivity contribution in [1.29, 1.82) is 0 Å². The van der Waals surface area contributed by atoms with Crippen molar-refractivity contribution in [3.63, 3.8) is 0 Å². The molecule has 0 radical (unpaired) electrons. The second kappa shape index (κ2) is 6.39. The highest BCUT2D eigenvalue weighted by Gasteiger charge is 2.51. The van der Waals surface area contributed by atoms with E-state index in [1.54, 1.807) is 13.8 Å². The Bertz CT molecular complexity index is 555. The van der Waals surface area contributed by atoms with Crippen LogP contribution in [-0.4, -0.2) is 30.2 Å². The first-order valence-corrected chi connectivity index (χ1v) is 7.52. The van der Waals surface area contributed by atoms with Gasteiger partial charge >= 0.3 is 6.18 Å². The van der Waals surface area contributed by atoms with E-state index in [9.17, 15) is 18.0 Å². The van der Waals surface area contributed by atoms with Gasteiger partial charge in [0.2, 0.25) is 5.91 Å². The van der Waals surface area contributed by atoms with Gasteiger partial charge in [0.05, 0.1) is 12.0 Å². The number of halogens is 3. The zero-order valence-corrected chi connectivity index (χ0v) is 13.4. The standard InChI is InChI=1S/C16H21F3N2O2/c1-4-9-23-12-7-5-11(6-8-12)13(16(17,18)19)21-10-15(2,3)14(22)20-21/h5-8,13H,4,9-10H2,1-3H3,(H,20,22). The van der Waals surface area contributed by atoms with Gasteiger partial charge in [-0.15, -0.1) is 0 Å². The Balaban J connectivity index is 2.25. The van der Waals surface area contributed by atoms with Crippen LogP contribution in [0.15, 0.2) is 24.3 Å². The Labute approximate surface area is 133 Å². The van der Waals surface area contributed by atoms with E-state index in [0.717, 1.165) is 11.4 Å². The molecule has 2 rings (SSSR count). The van der Waals surface area contributed by atoms with Crippen molar-refractivity contribution in [2.75, 3.05) is 13.2 Å². The van der Waals surface area contributed by atoms with Gasteiger partial charge in [0.25, 0.3) is 0 Å². The SMILES string of the molecule is CCCOc1ccc(C(N2CC(C)(C)C(=O)N2)C(F)(F)F)cc1. The Hall–Kier alpha value is -1.76. The smallest absolute Gasteiger partial charge is 0.409 e. The maximum atomic E-state index is 13.5. The first-order valence-electron chi connectivity index (χ1n) is 7.52. The normalized spacial score (nSPS) is 19.5. The average Bonchev–Trinajstić information content (AvgIpc) is 2.70. The van der Waals surface area contributed by atoms with Gasteiger partial charge in [-0.25, -0.2) is 5.01 Å². The molecule has 0 aromatic heterocycles. The molecule has 128 valence electrons. The summed E-state index contributed by atoms with van der Waals surface area (Å²) in [7, 11) is 0. The molecule has 1 fully saturated rings. The molecule has 1 aromatic carbocycles. The molecule has 1 aromatic rings. The highest BCUT2D eigenvalue weighted by molar-refractivity contribution is 5.83. The van der Waals surface area contributed by atoms with E-state index in [1.165, 1.54) is 24.3 Å². The number of carbonyl (C=O) groups is 1. The molecule has 1 N–H and O–H groups in total. The Morgan fingerprint density at radius 2 is 1.91 bits per heavy atom. The van der Waals surface area contributed by atoms with Crippen molar-refractivity contribution in [3.8, 4) is 5.75 Å². The molecule has 1 aliphatic heterocycles. The summed E-state index contributed by atoms with van der Waals surface area (Å²) < 4.78 is 45.9. The third-order valence-electron chi connectivity index (χ3n) is 3.72. The van der Waals surface area contributed by atoms with Gasteiger partial charge in [-0.3, -0.25) is 10.2 Å². The Morgan fingerprint density at radius 1 is 1.30 bits per heavy atom. The van der Waals surface area contributed by atoms with Crippen LogP contribution in [-0.2, 0) is 4.79 Å². The highest BCUT2D eigenvalue weighted by Crippen LogP contribution is 2.40. The summed E-state index contributed by atoms with van der Waals surface area (Å²) in [6.07, 6.45) is -3.68. The number of rotatable bonds is 5. The molecular weight excluding hydrogens is 309 g/mol. The van der Waals surface area contributed by atoms with Crippen LogP contribution >= 0.6 is 0 Å². The van der Waals surface area contributed by atoms with Crippen molar-refractivity contribution < 1.29 is 22.7 Å². The molecule has 7 heteroatoms. The highest BCUT2D eigenvalue weighted by atomic mass is 19.4. The van der Waals surface area contributed by atoms with E-state index in [4.69, 9.17) is 4.74 Å². The van der Waals surface area contributed by atoms with E-state index in [2.05, 4.69) is 5.43 Å². The molecule has 1 unspecified atom stereocenters. The number of ether oxygens (including phenoxy) is 1. The largest absolute Gasteiger partial charge is 0.494 e. The molecule has 0 bridgehead atoms. The van der Waals surface area contributed by atoms with Crippen LogP contribution in [0.5, 0.6) is 5.75 Å². The minimum Gasteiger partial charge on any atom is -0.494 e. The van der Waals surface area contributed by atoms with Gasteiger partial charge in [-0.2, -0.15) is 13.2 Å². The van der Waals surface area contributed by atoms with E-state index in [1.807, 2.05) is 6.92 Å². The third-order valence-corrected chi connectivity index (χ3v) is 3.72. The predicted octanol–water partition coefficient (Wildman–Crippen LogP) is 3.45. The second-order valence-corrected chi connectivity index (χ2v) is 6.31. The number of hydrogen-bond acceptors (Lipinski definition) is 3. The molecule has 4 nitrogen and oxygen atoms in total. The van der Waals surface area contributed by atoms with Gasteiger partial charge in [-0.1, -0.05) is 19.1 Å². The molecule has 1 atom stereocenters. The number of nitrogens with one attached hydrogen (secondary N) is 1. The molecular formula is C16H21F3N2O2. The Kier molecular flexibility index (Phi) is 4.89. The van der Waals surface area contributed by atoms with Crippen LogP contribution in [0.2, 0.25) is 0 Å². The van der Waals surface area contributed by atoms with Crippen LogP contribution in [0.4, 0.5) is 13.2 Å². The number of amides is 1. The third kappa shape index (κ3) is 3.96. The van der Waals surface area contributed by atoms with Gasteiger partial charge < -0.3 is 4.74 Å². The number of hydrogen-bond donors (Lipinski definition) is 1. The summed E-state index contributed by atoms with van der Waals surface area (Å²) in [5.41, 5.74) is 1.56. The van der Waals surface area contributed by atoms with E-state index < -0.39 is 23.5 Å². The molecule has 0 aliphatic carbocycles. The fourth-order valence-electron chi connectivity index (χ4n) is 2.49. The van der Waals surface area contributed by atoms with Gasteiger partial charge in [0.1, 0.15) is 11.8 Å². The number of alkyl halides is 3. The number of carbonyl (C=O) groups excluding carboxylic acids is 1. The minimum absolute atomic E-state index is 0.00983. The second-order valence-electron chi connectivity index (χ2n) is 6.31. The number of hydrazine groups is 1. The van der Waals surface area contributed by atoms with Crippen LogP contribution < -0.4 is 10.2 Å². The van der Waals surface area contributed by atoms with E-state index in [-0.39, 0.29) is 12.1 Å². The van der Waals surface area contributed by atoms with Crippen LogP contribution in [0.3, 0.4) is 0 Å². The zero-order chi connectivity index (χ0) is 17.3. The van der Waals surface area contributed by atoms with Crippen molar-refractivity contribution in [2.45, 2.75) is 39.4 Å². The monoisotopic (exact) mass is 330 g/mol. The van der Waals surface area contributed by atoms with Gasteiger partial charge in [-0.05, 0) is 38.0 Å². The Morgan fingerprint density at radius 3 is 2.35 bits per heavy atom. The fourth-order valence-corrected chi connectivity index (χ4v) is 2.49. The van der Waals surface area contributed by atoms with Gasteiger partial charge in [0, 0.05) is 6.54 Å². The molecule has 23 heavy (non-hydrogen) atoms. The lowest BCUT2D eigenvalue weighted by atomic mass is 9.93. The number of benzene rings is 1. The lowest BCUT2D eigenvalue weighted by Crippen LogP contribution is -2.43. The molecule has 1 aliphatic rings. The molecule has 1 heterocycles.